The minimum atomic E-state index is -5.73. The molecule has 40 heavy (non-hydrogen) atoms. The number of nitrogens with zero attached hydrogens (tertiary/aromatic N) is 2. The van der Waals surface area contributed by atoms with E-state index in [1.165, 1.54) is 23.9 Å². The molecule has 1 aromatic heterocycles. The van der Waals surface area contributed by atoms with Crippen LogP contribution in [0.3, 0.4) is 0 Å². The van der Waals surface area contributed by atoms with Crippen molar-refractivity contribution in [2.75, 3.05) is 13.7 Å². The molecular formula is C27H24F3N3O6S. The molecule has 0 saturated carbocycles. The number of rotatable bonds is 9. The first-order valence-electron chi connectivity index (χ1n) is 11.9. The molecule has 0 saturated heterocycles. The van der Waals surface area contributed by atoms with Crippen molar-refractivity contribution in [1.82, 2.24) is 15.1 Å². The van der Waals surface area contributed by atoms with Crippen molar-refractivity contribution in [3.05, 3.63) is 77.9 Å². The van der Waals surface area contributed by atoms with Crippen LogP contribution in [0.4, 0.5) is 13.2 Å². The van der Waals surface area contributed by atoms with Gasteiger partial charge in [-0.25, -0.2) is 8.42 Å². The molecule has 1 unspecified atom stereocenters. The molecule has 2 N–H and O–H groups in total. The van der Waals surface area contributed by atoms with E-state index in [1.807, 2.05) is 0 Å². The Hall–Kier alpha value is -4.39. The summed E-state index contributed by atoms with van der Waals surface area (Å²) in [5.74, 6) is -0.930. The second kappa shape index (κ2) is 11.0. The molecule has 0 aliphatic rings. The van der Waals surface area contributed by atoms with Crippen LogP contribution in [0.15, 0.2) is 71.8 Å². The third kappa shape index (κ3) is 5.78. The summed E-state index contributed by atoms with van der Waals surface area (Å²) < 4.78 is 71.1. The lowest BCUT2D eigenvalue weighted by atomic mass is 10.0. The van der Waals surface area contributed by atoms with Crippen LogP contribution < -0.4 is 10.1 Å². The van der Waals surface area contributed by atoms with Gasteiger partial charge in [0.2, 0.25) is 0 Å². The average Bonchev–Trinajstić information content (AvgIpc) is 3.37. The number of nitrogens with one attached hydrogen (secondary N) is 1. The number of carboxylic acids is 1. The van der Waals surface area contributed by atoms with E-state index in [1.54, 1.807) is 55.5 Å². The minimum Gasteiger partial charge on any atom is -0.497 e. The maximum absolute atomic E-state index is 13.4. The van der Waals surface area contributed by atoms with E-state index < -0.39 is 38.3 Å². The predicted molar refractivity (Wildman–Crippen MR) is 140 cm³/mol. The highest BCUT2D eigenvalue weighted by molar-refractivity contribution is 7.92. The number of aromatic nitrogens is 2. The van der Waals surface area contributed by atoms with Gasteiger partial charge in [0, 0.05) is 23.7 Å². The highest BCUT2D eigenvalue weighted by atomic mass is 32.2. The number of hydrogen-bond acceptors (Lipinski definition) is 6. The van der Waals surface area contributed by atoms with E-state index in [0.717, 1.165) is 16.8 Å². The monoisotopic (exact) mass is 575 g/mol. The molecule has 1 atom stereocenters. The van der Waals surface area contributed by atoms with Crippen molar-refractivity contribution in [3.8, 4) is 17.0 Å². The van der Waals surface area contributed by atoms with E-state index in [2.05, 4.69) is 10.4 Å². The Labute approximate surface area is 227 Å². The predicted octanol–water partition coefficient (Wildman–Crippen LogP) is 4.82. The van der Waals surface area contributed by atoms with Crippen LogP contribution in [-0.4, -0.2) is 54.3 Å². The molecule has 4 aromatic rings. The largest absolute Gasteiger partial charge is 0.503 e. The van der Waals surface area contributed by atoms with Crippen LogP contribution in [0.5, 0.6) is 5.75 Å². The van der Waals surface area contributed by atoms with Gasteiger partial charge in [-0.05, 0) is 53.6 Å². The number of sulfone groups is 1. The molecule has 0 aliphatic heterocycles. The Balaban J connectivity index is 1.74. The SMILES string of the molecule is COc1ccc2cc(-c3cc(S(=O)(=O)C(F)(F)F)nn3C(C)c3ccc(C(=O)NCCC(=O)O)cc3)ccc2c1. The van der Waals surface area contributed by atoms with Gasteiger partial charge in [-0.3, -0.25) is 14.3 Å². The number of carboxylic acid groups (broad SMARTS) is 1. The molecule has 9 nitrogen and oxygen atoms in total. The van der Waals surface area contributed by atoms with Crippen molar-refractivity contribution in [2.45, 2.75) is 29.9 Å². The number of aliphatic carboxylic acids is 1. The van der Waals surface area contributed by atoms with Gasteiger partial charge in [0.25, 0.3) is 15.7 Å². The zero-order valence-electron chi connectivity index (χ0n) is 21.3. The summed E-state index contributed by atoms with van der Waals surface area (Å²) >= 11 is 0. The number of hydrogen-bond donors (Lipinski definition) is 2. The summed E-state index contributed by atoms with van der Waals surface area (Å²) in [5.41, 5.74) is -4.18. The molecule has 3 aromatic carbocycles. The van der Waals surface area contributed by atoms with Crippen molar-refractivity contribution in [2.24, 2.45) is 0 Å². The molecule has 0 spiro atoms. The maximum Gasteiger partial charge on any atom is 0.503 e. The maximum atomic E-state index is 13.4. The first kappa shape index (κ1) is 28.6. The summed E-state index contributed by atoms with van der Waals surface area (Å²) in [4.78, 5) is 22.9. The van der Waals surface area contributed by atoms with Gasteiger partial charge in [-0.1, -0.05) is 30.3 Å². The Morgan fingerprint density at radius 1 is 1.02 bits per heavy atom. The fourth-order valence-electron chi connectivity index (χ4n) is 4.08. The second-order valence-corrected chi connectivity index (χ2v) is 10.8. The van der Waals surface area contributed by atoms with Crippen molar-refractivity contribution >= 4 is 32.5 Å². The van der Waals surface area contributed by atoms with E-state index >= 15 is 0 Å². The zero-order valence-corrected chi connectivity index (χ0v) is 22.1. The van der Waals surface area contributed by atoms with Gasteiger partial charge in [-0.15, -0.1) is 0 Å². The van der Waals surface area contributed by atoms with E-state index in [9.17, 15) is 31.2 Å². The van der Waals surface area contributed by atoms with E-state index in [0.29, 0.717) is 16.9 Å². The van der Waals surface area contributed by atoms with Crippen molar-refractivity contribution in [1.29, 1.82) is 0 Å². The smallest absolute Gasteiger partial charge is 0.497 e. The van der Waals surface area contributed by atoms with E-state index in [4.69, 9.17) is 9.84 Å². The Morgan fingerprint density at radius 3 is 2.30 bits per heavy atom. The van der Waals surface area contributed by atoms with Crippen LogP contribution in [0, 0.1) is 0 Å². The molecular weight excluding hydrogens is 551 g/mol. The fraction of sp³-hybridized carbons (Fsp3) is 0.222. The summed E-state index contributed by atoms with van der Waals surface area (Å²) in [6.45, 7) is 1.58. The number of methoxy groups -OCH3 is 1. The summed E-state index contributed by atoms with van der Waals surface area (Å²) in [6, 6.07) is 16.6. The molecule has 210 valence electrons. The molecule has 0 aliphatic carbocycles. The summed E-state index contributed by atoms with van der Waals surface area (Å²) in [7, 11) is -4.21. The standard InChI is InChI=1S/C27H24F3N3O6S/c1-16(17-3-5-18(6-4-17)26(36)31-12-11-25(34)35)33-23(15-24(32-33)40(37,38)27(28,29)30)21-8-7-20-14-22(39-2)10-9-19(20)13-21/h3-10,13-16H,11-12H2,1-2H3,(H,31,36)(H,34,35). The second-order valence-electron chi connectivity index (χ2n) is 8.89. The zero-order chi connectivity index (χ0) is 29.2. The number of halogens is 3. The molecule has 0 fully saturated rings. The van der Waals surface area contributed by atoms with Crippen LogP contribution in [0.2, 0.25) is 0 Å². The van der Waals surface area contributed by atoms with Crippen LogP contribution >= 0.6 is 0 Å². The molecule has 4 rings (SSSR count). The third-order valence-corrected chi connectivity index (χ3v) is 7.64. The topological polar surface area (TPSA) is 128 Å². The van der Waals surface area contributed by atoms with Crippen LogP contribution in [0.25, 0.3) is 22.0 Å². The number of benzene rings is 3. The Morgan fingerprint density at radius 2 is 1.68 bits per heavy atom. The molecule has 1 amide bonds. The number of carbonyl (C=O) groups excluding carboxylic acids is 1. The molecule has 0 radical (unpaired) electrons. The number of alkyl halides is 3. The van der Waals surface area contributed by atoms with Gasteiger partial charge >= 0.3 is 11.5 Å². The Kier molecular flexibility index (Phi) is 7.87. The summed E-state index contributed by atoms with van der Waals surface area (Å²) in [6.07, 6.45) is -0.242. The number of carbonyl (C=O) groups is 2. The molecule has 1 heterocycles. The lowest BCUT2D eigenvalue weighted by Crippen LogP contribution is -2.26. The van der Waals surface area contributed by atoms with Gasteiger partial charge in [-0.2, -0.15) is 18.3 Å². The van der Waals surface area contributed by atoms with Crippen LogP contribution in [0.1, 0.15) is 35.3 Å². The molecule has 0 bridgehead atoms. The lowest BCUT2D eigenvalue weighted by Gasteiger charge is -2.17. The first-order chi connectivity index (χ1) is 18.8. The van der Waals surface area contributed by atoms with Crippen molar-refractivity contribution in [3.63, 3.8) is 0 Å². The molecule has 13 heteroatoms. The lowest BCUT2D eigenvalue weighted by molar-refractivity contribution is -0.136. The van der Waals surface area contributed by atoms with Crippen LogP contribution in [-0.2, 0) is 14.6 Å². The normalized spacial score (nSPS) is 12.7. The highest BCUT2D eigenvalue weighted by Gasteiger charge is 2.49. The number of amides is 1. The van der Waals surface area contributed by atoms with Gasteiger partial charge in [0.1, 0.15) is 5.75 Å². The first-order valence-corrected chi connectivity index (χ1v) is 13.4. The Bertz CT molecular complexity index is 1680. The van der Waals surface area contributed by atoms with Crippen molar-refractivity contribution < 1.29 is 41.0 Å². The number of ether oxygens (including phenoxy) is 1. The van der Waals surface area contributed by atoms with Gasteiger partial charge < -0.3 is 15.2 Å². The number of fused-ring (bicyclic) bond motifs is 1. The minimum absolute atomic E-state index is 0.0576. The fourth-order valence-corrected chi connectivity index (χ4v) is 4.78. The quantitative estimate of drug-likeness (QED) is 0.293. The third-order valence-electron chi connectivity index (χ3n) is 6.28. The average molecular weight is 576 g/mol. The summed E-state index contributed by atoms with van der Waals surface area (Å²) in [5, 5.41) is 15.5. The highest BCUT2D eigenvalue weighted by Crippen LogP contribution is 2.35. The van der Waals surface area contributed by atoms with Gasteiger partial charge in [0.15, 0.2) is 5.03 Å². The van der Waals surface area contributed by atoms with Gasteiger partial charge in [0.05, 0.1) is 25.3 Å². The van der Waals surface area contributed by atoms with E-state index in [-0.39, 0.29) is 24.2 Å².